The van der Waals surface area contributed by atoms with E-state index in [2.05, 4.69) is 42.3 Å². The predicted octanol–water partition coefficient (Wildman–Crippen LogP) is 4.29. The Hall–Kier alpha value is -3.69. The summed E-state index contributed by atoms with van der Waals surface area (Å²) < 4.78 is 10.6. The fourth-order valence-corrected chi connectivity index (χ4v) is 4.05. The molecule has 2 N–H and O–H groups in total. The smallest absolute Gasteiger partial charge is 0.409 e. The lowest BCUT2D eigenvalue weighted by Gasteiger charge is -2.28. The highest BCUT2D eigenvalue weighted by Gasteiger charge is 2.14. The van der Waals surface area contributed by atoms with Crippen LogP contribution in [0.3, 0.4) is 0 Å². The molecule has 1 saturated heterocycles. The summed E-state index contributed by atoms with van der Waals surface area (Å²) >= 11 is 6.38. The molecule has 0 bridgehead atoms. The second-order valence-corrected chi connectivity index (χ2v) is 8.15. The van der Waals surface area contributed by atoms with Crippen molar-refractivity contribution >= 4 is 34.4 Å². The van der Waals surface area contributed by atoms with Crippen LogP contribution in [0.4, 0.5) is 10.5 Å². The SMILES string of the molecule is CCNC(=O)Oc1cnc(-c2ccc(-c3nc4ccc(N5CCOCC5)cc4[nH]3)nc2)c(Cl)c1. The summed E-state index contributed by atoms with van der Waals surface area (Å²) in [5.41, 5.74) is 4.98. The lowest BCUT2D eigenvalue weighted by atomic mass is 10.1. The third kappa shape index (κ3) is 4.66. The predicted molar refractivity (Wildman–Crippen MR) is 130 cm³/mol. The molecule has 5 rings (SSSR count). The first-order valence-corrected chi connectivity index (χ1v) is 11.4. The van der Waals surface area contributed by atoms with Gasteiger partial charge in [-0.2, -0.15) is 0 Å². The van der Waals surface area contributed by atoms with Gasteiger partial charge in [-0.1, -0.05) is 11.6 Å². The Morgan fingerprint density at radius 2 is 2.03 bits per heavy atom. The second-order valence-electron chi connectivity index (χ2n) is 7.74. The number of aromatic nitrogens is 4. The average Bonchev–Trinajstić information content (AvgIpc) is 3.28. The highest BCUT2D eigenvalue weighted by molar-refractivity contribution is 6.33. The van der Waals surface area contributed by atoms with Crippen molar-refractivity contribution in [2.24, 2.45) is 0 Å². The summed E-state index contributed by atoms with van der Waals surface area (Å²) in [6, 6.07) is 11.5. The number of anilines is 1. The van der Waals surface area contributed by atoms with Crippen LogP contribution in [0.25, 0.3) is 33.8 Å². The summed E-state index contributed by atoms with van der Waals surface area (Å²) in [4.78, 5) is 30.8. The van der Waals surface area contributed by atoms with E-state index in [1.54, 1.807) is 19.2 Å². The van der Waals surface area contributed by atoms with Crippen LogP contribution in [0.1, 0.15) is 6.92 Å². The van der Waals surface area contributed by atoms with Gasteiger partial charge in [-0.3, -0.25) is 9.97 Å². The summed E-state index contributed by atoms with van der Waals surface area (Å²) in [7, 11) is 0. The van der Waals surface area contributed by atoms with Crippen LogP contribution in [0.2, 0.25) is 5.02 Å². The molecule has 1 fully saturated rings. The maximum Gasteiger partial charge on any atom is 0.412 e. The van der Waals surface area contributed by atoms with Crippen molar-refractivity contribution in [2.75, 3.05) is 37.7 Å². The number of H-pyrrole nitrogens is 1. The molecule has 9 nitrogen and oxygen atoms in total. The fraction of sp³-hybridized carbons (Fsp3) is 0.250. The Labute approximate surface area is 201 Å². The van der Waals surface area contributed by atoms with Crippen LogP contribution in [0.15, 0.2) is 48.8 Å². The number of hydrogen-bond acceptors (Lipinski definition) is 7. The van der Waals surface area contributed by atoms with E-state index in [0.29, 0.717) is 28.8 Å². The molecule has 0 radical (unpaired) electrons. The zero-order valence-corrected chi connectivity index (χ0v) is 19.3. The molecule has 1 aliphatic rings. The van der Waals surface area contributed by atoms with Crippen LogP contribution >= 0.6 is 11.6 Å². The van der Waals surface area contributed by atoms with Crippen LogP contribution in [-0.4, -0.2) is 58.9 Å². The molecule has 1 aromatic carbocycles. The molecule has 0 unspecified atom stereocenters. The first-order chi connectivity index (χ1) is 16.6. The first-order valence-electron chi connectivity index (χ1n) is 11.0. The third-order valence-electron chi connectivity index (χ3n) is 5.47. The van der Waals surface area contributed by atoms with Gasteiger partial charge in [0.1, 0.15) is 5.69 Å². The maximum absolute atomic E-state index is 11.6. The zero-order valence-electron chi connectivity index (χ0n) is 18.5. The first kappa shape index (κ1) is 22.1. The molecule has 0 saturated carbocycles. The quantitative estimate of drug-likeness (QED) is 0.441. The number of imidazole rings is 1. The van der Waals surface area contributed by atoms with Gasteiger partial charge < -0.3 is 24.7 Å². The van der Waals surface area contributed by atoms with Gasteiger partial charge in [-0.25, -0.2) is 9.78 Å². The van der Waals surface area contributed by atoms with Crippen molar-refractivity contribution in [3.63, 3.8) is 0 Å². The summed E-state index contributed by atoms with van der Waals surface area (Å²) in [6.07, 6.45) is 2.60. The van der Waals surface area contributed by atoms with Crippen molar-refractivity contribution in [3.05, 3.63) is 53.8 Å². The van der Waals surface area contributed by atoms with Crippen LogP contribution < -0.4 is 15.0 Å². The van der Waals surface area contributed by atoms with Crippen molar-refractivity contribution in [2.45, 2.75) is 6.92 Å². The number of benzene rings is 1. The number of aromatic amines is 1. The minimum absolute atomic E-state index is 0.267. The minimum Gasteiger partial charge on any atom is -0.409 e. The van der Waals surface area contributed by atoms with Gasteiger partial charge in [0.15, 0.2) is 11.6 Å². The molecule has 0 atom stereocenters. The molecule has 0 aliphatic carbocycles. The zero-order chi connectivity index (χ0) is 23.5. The van der Waals surface area contributed by atoms with Crippen molar-refractivity contribution < 1.29 is 14.3 Å². The van der Waals surface area contributed by atoms with E-state index >= 15 is 0 Å². The van der Waals surface area contributed by atoms with E-state index < -0.39 is 6.09 Å². The number of morpholine rings is 1. The van der Waals surface area contributed by atoms with Gasteiger partial charge >= 0.3 is 6.09 Å². The van der Waals surface area contributed by atoms with Crippen molar-refractivity contribution in [1.82, 2.24) is 25.3 Å². The van der Waals surface area contributed by atoms with Gasteiger partial charge in [0.25, 0.3) is 0 Å². The summed E-state index contributed by atoms with van der Waals surface area (Å²) in [5.74, 6) is 0.952. The number of fused-ring (bicyclic) bond motifs is 1. The largest absolute Gasteiger partial charge is 0.412 e. The Balaban J connectivity index is 1.35. The van der Waals surface area contributed by atoms with Crippen LogP contribution in [-0.2, 0) is 4.74 Å². The number of carbonyl (C=O) groups excluding carboxylic acids is 1. The topological polar surface area (TPSA) is 105 Å². The monoisotopic (exact) mass is 478 g/mol. The Morgan fingerprint density at radius 1 is 1.18 bits per heavy atom. The molecule has 3 aromatic heterocycles. The summed E-state index contributed by atoms with van der Waals surface area (Å²) in [5, 5.41) is 2.91. The third-order valence-corrected chi connectivity index (χ3v) is 5.76. The number of halogens is 1. The number of nitrogens with zero attached hydrogens (tertiary/aromatic N) is 4. The number of rotatable bonds is 5. The molecular weight excluding hydrogens is 456 g/mol. The molecular formula is C24H23ClN6O3. The molecule has 0 spiro atoms. The molecule has 4 aromatic rings. The Bertz CT molecular complexity index is 1320. The number of amides is 1. The molecule has 10 heteroatoms. The van der Waals surface area contributed by atoms with Crippen LogP contribution in [0.5, 0.6) is 5.75 Å². The average molecular weight is 479 g/mol. The van der Waals surface area contributed by atoms with E-state index in [1.165, 1.54) is 6.20 Å². The number of hydrogen-bond donors (Lipinski definition) is 2. The number of nitrogens with one attached hydrogen (secondary N) is 2. The number of carbonyl (C=O) groups is 1. The lowest BCUT2D eigenvalue weighted by Crippen LogP contribution is -2.36. The minimum atomic E-state index is -0.554. The maximum atomic E-state index is 11.6. The van der Waals surface area contributed by atoms with Gasteiger partial charge in [-0.15, -0.1) is 0 Å². The molecule has 1 amide bonds. The van der Waals surface area contributed by atoms with E-state index in [1.807, 2.05) is 18.2 Å². The normalized spacial score (nSPS) is 13.8. The highest BCUT2D eigenvalue weighted by Crippen LogP contribution is 2.30. The lowest BCUT2D eigenvalue weighted by molar-refractivity contribution is 0.122. The summed E-state index contributed by atoms with van der Waals surface area (Å²) in [6.45, 7) is 5.52. The van der Waals surface area contributed by atoms with Gasteiger partial charge in [0.05, 0.1) is 41.2 Å². The fourth-order valence-electron chi connectivity index (χ4n) is 3.79. The van der Waals surface area contributed by atoms with E-state index in [9.17, 15) is 4.79 Å². The van der Waals surface area contributed by atoms with Crippen molar-refractivity contribution in [3.8, 4) is 28.5 Å². The molecule has 174 valence electrons. The number of ether oxygens (including phenoxy) is 2. The molecule has 4 heterocycles. The van der Waals surface area contributed by atoms with Gasteiger partial charge in [0, 0.05) is 43.1 Å². The number of pyridine rings is 2. The highest BCUT2D eigenvalue weighted by atomic mass is 35.5. The van der Waals surface area contributed by atoms with Gasteiger partial charge in [0.2, 0.25) is 0 Å². The molecule has 1 aliphatic heterocycles. The van der Waals surface area contributed by atoms with E-state index in [-0.39, 0.29) is 5.75 Å². The second kappa shape index (κ2) is 9.66. The van der Waals surface area contributed by atoms with Crippen LogP contribution in [0, 0.1) is 0 Å². The standard InChI is InChI=1S/C24H23ClN6O3/c1-2-26-24(32)34-17-12-18(25)22(28-14-17)15-3-5-20(27-13-15)23-29-19-6-4-16(11-21(19)30-23)31-7-9-33-10-8-31/h3-6,11-14H,2,7-10H2,1H3,(H,26,32)(H,29,30). The van der Waals surface area contributed by atoms with Crippen molar-refractivity contribution in [1.29, 1.82) is 0 Å². The Morgan fingerprint density at radius 3 is 2.76 bits per heavy atom. The van der Waals surface area contributed by atoms with Gasteiger partial charge in [-0.05, 0) is 37.3 Å². The Kier molecular flexibility index (Phi) is 6.29. The molecule has 34 heavy (non-hydrogen) atoms. The van der Waals surface area contributed by atoms with E-state index in [4.69, 9.17) is 21.1 Å². The van der Waals surface area contributed by atoms with E-state index in [0.717, 1.165) is 48.6 Å².